The van der Waals surface area contributed by atoms with Crippen molar-refractivity contribution in [1.82, 2.24) is 10.2 Å². The quantitative estimate of drug-likeness (QED) is 0.785. The molecule has 3 rings (SSSR count). The number of alkyl halides is 1. The summed E-state index contributed by atoms with van der Waals surface area (Å²) in [6.07, 6.45) is 1.15. The van der Waals surface area contributed by atoms with Crippen LogP contribution < -0.4 is 0 Å². The molecule has 0 amide bonds. The highest BCUT2D eigenvalue weighted by Gasteiger charge is 2.18. The molecule has 2 aromatic heterocycles. The smallest absolute Gasteiger partial charge is 0.257 e. The van der Waals surface area contributed by atoms with Gasteiger partial charge in [0.25, 0.3) is 5.89 Å². The molecule has 0 fully saturated rings. The van der Waals surface area contributed by atoms with Gasteiger partial charge in [-0.05, 0) is 30.7 Å². The fourth-order valence-electron chi connectivity index (χ4n) is 1.75. The van der Waals surface area contributed by atoms with Crippen molar-refractivity contribution in [3.05, 3.63) is 22.4 Å². The van der Waals surface area contributed by atoms with Crippen molar-refractivity contribution in [2.75, 3.05) is 5.75 Å². The summed E-state index contributed by atoms with van der Waals surface area (Å²) in [6.45, 7) is 1.83. The van der Waals surface area contributed by atoms with E-state index < -0.39 is 0 Å². The molecule has 1 aliphatic rings. The first-order valence-corrected chi connectivity index (χ1v) is 7.82. The van der Waals surface area contributed by atoms with Gasteiger partial charge in [-0.1, -0.05) is 0 Å². The first kappa shape index (κ1) is 11.6. The molecule has 0 N–H and O–H groups in total. The molecule has 90 valence electrons. The van der Waals surface area contributed by atoms with Crippen LogP contribution in [0.4, 0.5) is 0 Å². The van der Waals surface area contributed by atoms with Crippen LogP contribution in [0, 0.1) is 0 Å². The number of rotatable bonds is 2. The summed E-state index contributed by atoms with van der Waals surface area (Å²) in [5.41, 5.74) is 1.42. The zero-order valence-corrected chi connectivity index (χ0v) is 11.7. The van der Waals surface area contributed by atoms with E-state index in [1.165, 1.54) is 16.2 Å². The van der Waals surface area contributed by atoms with Crippen molar-refractivity contribution in [3.8, 4) is 10.8 Å². The minimum Gasteiger partial charge on any atom is -0.418 e. The van der Waals surface area contributed by atoms with E-state index in [4.69, 9.17) is 16.0 Å². The Kier molecular flexibility index (Phi) is 3.15. The number of fused-ring (bicyclic) bond motifs is 1. The van der Waals surface area contributed by atoms with Gasteiger partial charge in [-0.15, -0.1) is 33.1 Å². The number of hydrogen-bond donors (Lipinski definition) is 0. The fourth-order valence-corrected chi connectivity index (χ4v) is 4.13. The Balaban J connectivity index is 1.94. The Morgan fingerprint density at radius 1 is 1.47 bits per heavy atom. The zero-order chi connectivity index (χ0) is 11.8. The third kappa shape index (κ3) is 2.23. The van der Waals surface area contributed by atoms with E-state index in [1.807, 2.05) is 18.7 Å². The second kappa shape index (κ2) is 4.63. The molecule has 1 aliphatic heterocycles. The van der Waals surface area contributed by atoms with E-state index in [2.05, 4.69) is 16.3 Å². The minimum absolute atomic E-state index is 0.235. The second-order valence-corrected chi connectivity index (χ2v) is 6.82. The fraction of sp³-hybridized carbons (Fsp3) is 0.455. The Morgan fingerprint density at radius 3 is 3.06 bits per heavy atom. The number of nitrogens with zero attached hydrogens (tertiary/aromatic N) is 2. The molecule has 0 radical (unpaired) electrons. The van der Waals surface area contributed by atoms with E-state index in [9.17, 15) is 0 Å². The van der Waals surface area contributed by atoms with E-state index in [0.717, 1.165) is 17.1 Å². The number of aryl methyl sites for hydroxylation is 1. The first-order chi connectivity index (χ1) is 8.24. The van der Waals surface area contributed by atoms with Gasteiger partial charge >= 0.3 is 0 Å². The van der Waals surface area contributed by atoms with Crippen LogP contribution in [0.5, 0.6) is 0 Å². The lowest BCUT2D eigenvalue weighted by Crippen LogP contribution is -1.96. The van der Waals surface area contributed by atoms with Gasteiger partial charge in [0, 0.05) is 10.6 Å². The van der Waals surface area contributed by atoms with E-state index in [-0.39, 0.29) is 5.38 Å². The van der Waals surface area contributed by atoms with Crippen LogP contribution in [0.25, 0.3) is 10.8 Å². The molecule has 0 spiro atoms. The molecule has 0 saturated heterocycles. The maximum atomic E-state index is 5.91. The van der Waals surface area contributed by atoms with Gasteiger partial charge in [0.15, 0.2) is 0 Å². The van der Waals surface area contributed by atoms with Gasteiger partial charge < -0.3 is 4.42 Å². The molecule has 2 aromatic rings. The summed E-state index contributed by atoms with van der Waals surface area (Å²) in [7, 11) is 0. The number of thioether (sulfide) groups is 1. The Bertz CT molecular complexity index is 512. The van der Waals surface area contributed by atoms with Crippen molar-refractivity contribution in [1.29, 1.82) is 0 Å². The summed E-state index contributed by atoms with van der Waals surface area (Å²) in [4.78, 5) is 2.52. The van der Waals surface area contributed by atoms with E-state index in [0.29, 0.717) is 11.8 Å². The predicted octanol–water partition coefficient (Wildman–Crippen LogP) is 3.89. The van der Waals surface area contributed by atoms with Gasteiger partial charge in [0.1, 0.15) is 5.38 Å². The Hall–Kier alpha value is -0.520. The topological polar surface area (TPSA) is 38.9 Å². The van der Waals surface area contributed by atoms with Crippen LogP contribution in [0.1, 0.15) is 28.6 Å². The largest absolute Gasteiger partial charge is 0.418 e. The third-order valence-electron chi connectivity index (χ3n) is 2.62. The highest BCUT2D eigenvalue weighted by Crippen LogP contribution is 2.36. The van der Waals surface area contributed by atoms with Gasteiger partial charge in [-0.25, -0.2) is 0 Å². The number of aromatic nitrogens is 2. The summed E-state index contributed by atoms with van der Waals surface area (Å²) in [6, 6.07) is 2.17. The lowest BCUT2D eigenvalue weighted by atomic mass is 10.2. The molecule has 0 saturated carbocycles. The highest BCUT2D eigenvalue weighted by molar-refractivity contribution is 7.98. The number of halogens is 1. The van der Waals surface area contributed by atoms with Crippen molar-refractivity contribution in [3.63, 3.8) is 0 Å². The van der Waals surface area contributed by atoms with Crippen LogP contribution >= 0.6 is 34.7 Å². The molecule has 3 nitrogen and oxygen atoms in total. The number of thiophene rings is 1. The normalized spacial score (nSPS) is 16.8. The molecule has 1 atom stereocenters. The molecule has 0 aromatic carbocycles. The summed E-state index contributed by atoms with van der Waals surface area (Å²) in [5.74, 6) is 3.39. The SMILES string of the molecule is CC(Cl)c1nnc(-c2cc3c(s2)CCSC3)o1. The van der Waals surface area contributed by atoms with Crippen LogP contribution in [0.3, 0.4) is 0 Å². The average molecular weight is 287 g/mol. The summed E-state index contributed by atoms with van der Waals surface area (Å²) in [5, 5.41) is 7.77. The van der Waals surface area contributed by atoms with Gasteiger partial charge in [0.2, 0.25) is 5.89 Å². The van der Waals surface area contributed by atoms with Gasteiger partial charge in [0.05, 0.1) is 4.88 Å². The molecule has 0 bridgehead atoms. The van der Waals surface area contributed by atoms with Crippen molar-refractivity contribution in [2.45, 2.75) is 24.5 Å². The molecule has 0 aliphatic carbocycles. The minimum atomic E-state index is -0.235. The Morgan fingerprint density at radius 2 is 2.35 bits per heavy atom. The van der Waals surface area contributed by atoms with Gasteiger partial charge in [-0.3, -0.25) is 0 Å². The number of hydrogen-bond acceptors (Lipinski definition) is 5. The second-order valence-electron chi connectivity index (χ2n) is 3.92. The van der Waals surface area contributed by atoms with E-state index in [1.54, 1.807) is 11.3 Å². The maximum Gasteiger partial charge on any atom is 0.257 e. The maximum absolute atomic E-state index is 5.91. The van der Waals surface area contributed by atoms with Crippen LogP contribution in [0.15, 0.2) is 10.5 Å². The molecule has 17 heavy (non-hydrogen) atoms. The molecular weight excluding hydrogens is 276 g/mol. The summed E-state index contributed by atoms with van der Waals surface area (Å²) < 4.78 is 5.56. The monoisotopic (exact) mass is 286 g/mol. The van der Waals surface area contributed by atoms with Crippen molar-refractivity contribution >= 4 is 34.7 Å². The first-order valence-electron chi connectivity index (χ1n) is 5.41. The zero-order valence-electron chi connectivity index (χ0n) is 9.27. The molecule has 6 heteroatoms. The summed E-state index contributed by atoms with van der Waals surface area (Å²) >= 11 is 9.64. The van der Waals surface area contributed by atoms with Crippen molar-refractivity contribution < 1.29 is 4.42 Å². The van der Waals surface area contributed by atoms with Crippen LogP contribution in [-0.4, -0.2) is 16.0 Å². The van der Waals surface area contributed by atoms with Crippen LogP contribution in [0.2, 0.25) is 0 Å². The van der Waals surface area contributed by atoms with Gasteiger partial charge in [-0.2, -0.15) is 11.8 Å². The predicted molar refractivity (Wildman–Crippen MR) is 71.7 cm³/mol. The lowest BCUT2D eigenvalue weighted by molar-refractivity contribution is 0.508. The van der Waals surface area contributed by atoms with Crippen LogP contribution in [-0.2, 0) is 12.2 Å². The third-order valence-corrected chi connectivity index (χ3v) is 5.04. The molecule has 1 unspecified atom stereocenters. The average Bonchev–Trinajstić information content (AvgIpc) is 2.95. The standard InChI is InChI=1S/C11H11ClN2OS2/c1-6(12)10-13-14-11(15-10)9-4-7-5-16-3-2-8(7)17-9/h4,6H,2-3,5H2,1H3. The Labute approximate surface area is 113 Å². The highest BCUT2D eigenvalue weighted by atomic mass is 35.5. The molecular formula is C11H11ClN2OS2. The molecule has 3 heterocycles. The van der Waals surface area contributed by atoms with Crippen molar-refractivity contribution in [2.24, 2.45) is 0 Å². The van der Waals surface area contributed by atoms with E-state index >= 15 is 0 Å². The lowest BCUT2D eigenvalue weighted by Gasteiger charge is -2.08.